The molecule has 0 bridgehead atoms. The molecule has 0 amide bonds. The van der Waals surface area contributed by atoms with E-state index in [4.69, 9.17) is 0 Å². The Hall–Kier alpha value is -0.660. The van der Waals surface area contributed by atoms with Gasteiger partial charge < -0.3 is 0 Å². The Balaban J connectivity index is 2.87. The van der Waals surface area contributed by atoms with Crippen molar-refractivity contribution in [2.75, 3.05) is 0 Å². The van der Waals surface area contributed by atoms with Gasteiger partial charge in [0.25, 0.3) is 0 Å². The molecule has 0 spiro atoms. The number of unbranched alkanes of at least 4 members (excludes halogenated alkanes) is 11. The maximum absolute atomic E-state index is 9.94. The Morgan fingerprint density at radius 3 is 0.938 bits per heavy atom. The van der Waals surface area contributed by atoms with Gasteiger partial charge in [-0.2, -0.15) is 0 Å². The lowest BCUT2D eigenvalue weighted by atomic mass is 10.1. The average Bonchev–Trinajstić information content (AvgIpc) is 2.31. The Labute approximate surface area is 99.8 Å². The summed E-state index contributed by atoms with van der Waals surface area (Å²) in [5, 5.41) is 0. The molecule has 0 aromatic rings. The van der Waals surface area contributed by atoms with Crippen molar-refractivity contribution in [3.8, 4) is 0 Å². The molecule has 0 aliphatic heterocycles. The Kier molecular flexibility index (Phi) is 13.7. The second-order valence-electron chi connectivity index (χ2n) is 4.32. The van der Waals surface area contributed by atoms with Crippen LogP contribution >= 0.6 is 0 Å². The van der Waals surface area contributed by atoms with Crippen LogP contribution in [0.4, 0.5) is 0 Å². The minimum Gasteiger partial charge on any atom is -0.291 e. The third-order valence-electron chi connectivity index (χ3n) is 2.81. The lowest BCUT2D eigenvalue weighted by Crippen LogP contribution is -1.83. The van der Waals surface area contributed by atoms with Crippen molar-refractivity contribution < 1.29 is 9.59 Å². The van der Waals surface area contributed by atoms with Gasteiger partial charge in [-0.05, 0) is 12.8 Å². The summed E-state index contributed by atoms with van der Waals surface area (Å²) in [5.41, 5.74) is 0. The van der Waals surface area contributed by atoms with Gasteiger partial charge in [-0.3, -0.25) is 9.59 Å². The van der Waals surface area contributed by atoms with Crippen LogP contribution in [-0.2, 0) is 9.59 Å². The molecule has 0 aromatic carbocycles. The van der Waals surface area contributed by atoms with E-state index in [0.717, 1.165) is 12.8 Å². The molecule has 0 aliphatic carbocycles. The summed E-state index contributed by atoms with van der Waals surface area (Å²) in [5.74, 6) is 0. The minimum atomic E-state index is 0.605. The molecule has 0 N–H and O–H groups in total. The van der Waals surface area contributed by atoms with Crippen LogP contribution in [0, 0.1) is 0 Å². The molecule has 0 heterocycles. The second-order valence-corrected chi connectivity index (χ2v) is 4.32. The lowest BCUT2D eigenvalue weighted by Gasteiger charge is -2.01. The third kappa shape index (κ3) is 13.3. The van der Waals surface area contributed by atoms with Crippen molar-refractivity contribution in [2.45, 2.75) is 77.0 Å². The van der Waals surface area contributed by atoms with Gasteiger partial charge in [0.05, 0.1) is 0 Å². The van der Waals surface area contributed by atoms with Crippen LogP contribution in [0.3, 0.4) is 0 Å². The summed E-state index contributed by atoms with van der Waals surface area (Å²) in [6.07, 6.45) is 17.1. The van der Waals surface area contributed by atoms with E-state index in [1.165, 1.54) is 51.4 Å². The van der Waals surface area contributed by atoms with E-state index in [1.54, 1.807) is 0 Å². The molecule has 0 aliphatic rings. The first-order valence-corrected chi connectivity index (χ1v) is 6.62. The zero-order valence-electron chi connectivity index (χ0n) is 10.3. The van der Waals surface area contributed by atoms with Crippen LogP contribution in [0.5, 0.6) is 0 Å². The molecule has 0 atom stereocenters. The van der Waals surface area contributed by atoms with Crippen LogP contribution in [0.25, 0.3) is 0 Å². The number of carbonyl (C=O) groups excluding carboxylic acids is 2. The summed E-state index contributed by atoms with van der Waals surface area (Å²) in [6.45, 7) is 0. The highest BCUT2D eigenvalue weighted by atomic mass is 16.1. The molecule has 0 aromatic heterocycles. The third-order valence-corrected chi connectivity index (χ3v) is 2.81. The molecular formula is C14H24O2. The first-order chi connectivity index (χ1) is 7.91. The van der Waals surface area contributed by atoms with Gasteiger partial charge in [-0.15, -0.1) is 0 Å². The van der Waals surface area contributed by atoms with Crippen molar-refractivity contribution in [3.63, 3.8) is 0 Å². The Bertz CT molecular complexity index is 137. The number of hydrogen-bond donors (Lipinski definition) is 0. The molecule has 2 radical (unpaired) electrons. The van der Waals surface area contributed by atoms with Crippen LogP contribution < -0.4 is 0 Å². The van der Waals surface area contributed by atoms with E-state index < -0.39 is 0 Å². The summed E-state index contributed by atoms with van der Waals surface area (Å²) >= 11 is 0. The maximum Gasteiger partial charge on any atom is 0.198 e. The first kappa shape index (κ1) is 15.3. The summed E-state index contributed by atoms with van der Waals surface area (Å²) < 4.78 is 0. The molecule has 0 saturated heterocycles. The number of rotatable bonds is 13. The smallest absolute Gasteiger partial charge is 0.198 e. The monoisotopic (exact) mass is 224 g/mol. The highest BCUT2D eigenvalue weighted by Crippen LogP contribution is 2.11. The van der Waals surface area contributed by atoms with E-state index in [-0.39, 0.29) is 0 Å². The van der Waals surface area contributed by atoms with Crippen molar-refractivity contribution in [1.82, 2.24) is 0 Å². The van der Waals surface area contributed by atoms with Gasteiger partial charge in [0.1, 0.15) is 0 Å². The van der Waals surface area contributed by atoms with E-state index in [1.807, 2.05) is 12.6 Å². The van der Waals surface area contributed by atoms with E-state index in [2.05, 4.69) is 0 Å². The van der Waals surface area contributed by atoms with Gasteiger partial charge >= 0.3 is 0 Å². The zero-order chi connectivity index (χ0) is 11.9. The van der Waals surface area contributed by atoms with Crippen LogP contribution in [0.15, 0.2) is 0 Å². The zero-order valence-corrected chi connectivity index (χ0v) is 10.3. The summed E-state index contributed by atoms with van der Waals surface area (Å²) in [4.78, 5) is 19.9. The minimum absolute atomic E-state index is 0.605. The molecule has 2 heteroatoms. The molecule has 0 rings (SSSR count). The van der Waals surface area contributed by atoms with E-state index in [9.17, 15) is 9.59 Å². The Morgan fingerprint density at radius 1 is 0.438 bits per heavy atom. The quantitative estimate of drug-likeness (QED) is 0.445. The predicted molar refractivity (Wildman–Crippen MR) is 66.8 cm³/mol. The normalized spacial score (nSPS) is 10.2. The highest BCUT2D eigenvalue weighted by Gasteiger charge is 1.93. The fraction of sp³-hybridized carbons (Fsp3) is 0.857. The molecule has 92 valence electrons. The standard InChI is InChI=1S/C14H24O2/c15-13-11-9-7-5-3-1-2-4-6-8-10-12-14-16/h1-12H2. The van der Waals surface area contributed by atoms with Gasteiger partial charge in [0.15, 0.2) is 12.6 Å². The molecule has 0 saturated carbocycles. The Morgan fingerprint density at radius 2 is 0.688 bits per heavy atom. The van der Waals surface area contributed by atoms with Crippen molar-refractivity contribution in [3.05, 3.63) is 0 Å². The highest BCUT2D eigenvalue weighted by molar-refractivity contribution is 5.50. The molecular weight excluding hydrogens is 200 g/mol. The molecule has 0 fully saturated rings. The lowest BCUT2D eigenvalue weighted by molar-refractivity contribution is 0.530. The van der Waals surface area contributed by atoms with Gasteiger partial charge in [0.2, 0.25) is 0 Å². The SMILES string of the molecule is O=[C]CCCCCCCCCCCC[C]=O. The van der Waals surface area contributed by atoms with E-state index >= 15 is 0 Å². The van der Waals surface area contributed by atoms with Crippen LogP contribution in [0.2, 0.25) is 0 Å². The van der Waals surface area contributed by atoms with Crippen molar-refractivity contribution in [2.24, 2.45) is 0 Å². The maximum atomic E-state index is 9.94. The van der Waals surface area contributed by atoms with Gasteiger partial charge in [-0.25, -0.2) is 0 Å². The predicted octanol–water partition coefficient (Wildman–Crippen LogP) is 3.89. The van der Waals surface area contributed by atoms with Gasteiger partial charge in [-0.1, -0.05) is 51.4 Å². The van der Waals surface area contributed by atoms with Crippen LogP contribution in [0.1, 0.15) is 77.0 Å². The summed E-state index contributed by atoms with van der Waals surface area (Å²) in [7, 11) is 0. The van der Waals surface area contributed by atoms with E-state index in [0.29, 0.717) is 12.8 Å². The first-order valence-electron chi connectivity index (χ1n) is 6.62. The van der Waals surface area contributed by atoms with Gasteiger partial charge in [0, 0.05) is 12.8 Å². The van der Waals surface area contributed by atoms with Crippen molar-refractivity contribution in [1.29, 1.82) is 0 Å². The average molecular weight is 224 g/mol. The fourth-order valence-corrected chi connectivity index (χ4v) is 1.81. The summed E-state index contributed by atoms with van der Waals surface area (Å²) in [6, 6.07) is 0. The molecule has 0 unspecified atom stereocenters. The van der Waals surface area contributed by atoms with Crippen LogP contribution in [-0.4, -0.2) is 12.6 Å². The molecule has 16 heavy (non-hydrogen) atoms. The second kappa shape index (κ2) is 14.3. The number of hydrogen-bond acceptors (Lipinski definition) is 2. The fourth-order valence-electron chi connectivity index (χ4n) is 1.81. The van der Waals surface area contributed by atoms with Crippen molar-refractivity contribution >= 4 is 12.6 Å². The topological polar surface area (TPSA) is 34.1 Å². The largest absolute Gasteiger partial charge is 0.291 e. The molecule has 2 nitrogen and oxygen atoms in total.